The summed E-state index contributed by atoms with van der Waals surface area (Å²) in [6.07, 6.45) is -0.744. The van der Waals surface area contributed by atoms with Gasteiger partial charge in [-0.2, -0.15) is 0 Å². The second kappa shape index (κ2) is 7.36. The zero-order valence-electron chi connectivity index (χ0n) is 14.2. The average Bonchev–Trinajstić information content (AvgIpc) is 2.66. The van der Waals surface area contributed by atoms with Crippen LogP contribution in [0, 0.1) is 0 Å². The van der Waals surface area contributed by atoms with Crippen molar-refractivity contribution in [3.63, 3.8) is 0 Å². The topological polar surface area (TPSA) is 67.9 Å². The second-order valence-corrected chi connectivity index (χ2v) is 5.74. The van der Waals surface area contributed by atoms with E-state index in [9.17, 15) is 9.59 Å². The Hall–Kier alpha value is -2.86. The van der Waals surface area contributed by atoms with Gasteiger partial charge in [0.25, 0.3) is 11.8 Å². The molecule has 6 heteroatoms. The molecule has 0 saturated carbocycles. The van der Waals surface area contributed by atoms with Crippen LogP contribution < -0.4 is 15.0 Å². The molecule has 6 nitrogen and oxygen atoms in total. The van der Waals surface area contributed by atoms with Crippen LogP contribution in [0.2, 0.25) is 0 Å². The molecule has 0 bridgehead atoms. The highest BCUT2D eigenvalue weighted by atomic mass is 16.5. The number of anilines is 1. The largest absolute Gasteiger partial charge is 0.477 e. The van der Waals surface area contributed by atoms with Crippen molar-refractivity contribution in [3.8, 4) is 5.75 Å². The molecule has 1 aliphatic heterocycles. The molecular formula is C19H20N2O4. The standard InChI is InChI=1S/C19H20N2O4/c1-20-18(22)17-11-21(15-8-3-4-9-16(15)25-17)19(23)14-7-5-6-13(10-14)12-24-2/h3-10,17H,11-12H2,1-2H3,(H,20,22). The minimum Gasteiger partial charge on any atom is -0.477 e. The molecule has 1 atom stereocenters. The van der Waals surface area contributed by atoms with Crippen molar-refractivity contribution in [1.82, 2.24) is 5.32 Å². The number of carbonyl (C=O) groups is 2. The molecule has 1 heterocycles. The lowest BCUT2D eigenvalue weighted by molar-refractivity contribution is -0.127. The highest BCUT2D eigenvalue weighted by molar-refractivity contribution is 6.08. The summed E-state index contributed by atoms with van der Waals surface area (Å²) in [7, 11) is 3.16. The average molecular weight is 340 g/mol. The number of rotatable bonds is 4. The Morgan fingerprint density at radius 3 is 2.80 bits per heavy atom. The van der Waals surface area contributed by atoms with E-state index in [1.165, 1.54) is 0 Å². The molecule has 130 valence electrons. The molecule has 0 aliphatic carbocycles. The molecule has 1 unspecified atom stereocenters. The Labute approximate surface area is 146 Å². The van der Waals surface area contributed by atoms with Gasteiger partial charge >= 0.3 is 0 Å². The summed E-state index contributed by atoms with van der Waals surface area (Å²) in [6.45, 7) is 0.589. The van der Waals surface area contributed by atoms with E-state index in [0.717, 1.165) is 5.56 Å². The maximum atomic E-state index is 13.1. The highest BCUT2D eigenvalue weighted by Gasteiger charge is 2.33. The van der Waals surface area contributed by atoms with Gasteiger partial charge in [-0.3, -0.25) is 9.59 Å². The molecule has 0 fully saturated rings. The van der Waals surface area contributed by atoms with E-state index in [4.69, 9.17) is 9.47 Å². The van der Waals surface area contributed by atoms with Crippen LogP contribution in [-0.2, 0) is 16.1 Å². The van der Waals surface area contributed by atoms with Gasteiger partial charge in [0.15, 0.2) is 6.10 Å². The number of ether oxygens (including phenoxy) is 2. The normalized spacial score (nSPS) is 15.9. The summed E-state index contributed by atoms with van der Waals surface area (Å²) in [4.78, 5) is 26.7. The van der Waals surface area contributed by atoms with E-state index in [1.54, 1.807) is 37.3 Å². The van der Waals surface area contributed by atoms with E-state index in [1.807, 2.05) is 30.3 Å². The van der Waals surface area contributed by atoms with Crippen LogP contribution in [0.15, 0.2) is 48.5 Å². The van der Waals surface area contributed by atoms with E-state index in [0.29, 0.717) is 23.6 Å². The lowest BCUT2D eigenvalue weighted by Crippen LogP contribution is -2.50. The molecule has 25 heavy (non-hydrogen) atoms. The molecule has 1 N–H and O–H groups in total. The fraction of sp³-hybridized carbons (Fsp3) is 0.263. The Kier molecular flexibility index (Phi) is 5.00. The van der Waals surface area contributed by atoms with Crippen molar-refractivity contribution >= 4 is 17.5 Å². The van der Waals surface area contributed by atoms with Crippen LogP contribution in [-0.4, -0.2) is 38.6 Å². The first-order valence-electron chi connectivity index (χ1n) is 8.01. The van der Waals surface area contributed by atoms with Gasteiger partial charge in [-0.05, 0) is 29.8 Å². The van der Waals surface area contributed by atoms with Crippen molar-refractivity contribution in [3.05, 3.63) is 59.7 Å². The van der Waals surface area contributed by atoms with Gasteiger partial charge in [-0.15, -0.1) is 0 Å². The van der Waals surface area contributed by atoms with E-state index in [2.05, 4.69) is 5.32 Å². The van der Waals surface area contributed by atoms with E-state index < -0.39 is 6.10 Å². The smallest absolute Gasteiger partial charge is 0.262 e. The number of amides is 2. The molecule has 0 radical (unpaired) electrons. The number of carbonyl (C=O) groups excluding carboxylic acids is 2. The molecule has 0 aromatic heterocycles. The predicted octanol–water partition coefficient (Wildman–Crippen LogP) is 1.99. The molecular weight excluding hydrogens is 320 g/mol. The number of para-hydroxylation sites is 2. The van der Waals surface area contributed by atoms with E-state index >= 15 is 0 Å². The summed E-state index contributed by atoms with van der Waals surface area (Å²) in [5.41, 5.74) is 2.12. The summed E-state index contributed by atoms with van der Waals surface area (Å²) in [5.74, 6) is 0.0757. The maximum absolute atomic E-state index is 13.1. The van der Waals surface area contributed by atoms with Gasteiger partial charge in [0.2, 0.25) is 0 Å². The van der Waals surface area contributed by atoms with Gasteiger partial charge in [-0.25, -0.2) is 0 Å². The third-order valence-corrected chi connectivity index (χ3v) is 4.04. The first-order valence-corrected chi connectivity index (χ1v) is 8.01. The number of methoxy groups -OCH3 is 1. The predicted molar refractivity (Wildman–Crippen MR) is 93.8 cm³/mol. The van der Waals surface area contributed by atoms with Gasteiger partial charge in [0, 0.05) is 19.7 Å². The number of benzene rings is 2. The minimum absolute atomic E-state index is 0.157. The van der Waals surface area contributed by atoms with Crippen LogP contribution >= 0.6 is 0 Å². The number of hydrogen-bond acceptors (Lipinski definition) is 4. The van der Waals surface area contributed by atoms with Crippen LogP contribution in [0.4, 0.5) is 5.69 Å². The van der Waals surface area contributed by atoms with Gasteiger partial charge in [-0.1, -0.05) is 24.3 Å². The molecule has 0 saturated heterocycles. The second-order valence-electron chi connectivity index (χ2n) is 5.74. The summed E-state index contributed by atoms with van der Waals surface area (Å²) >= 11 is 0. The molecule has 1 aliphatic rings. The number of nitrogens with zero attached hydrogens (tertiary/aromatic N) is 1. The SMILES string of the molecule is CNC(=O)C1CN(C(=O)c2cccc(COC)c2)c2ccccc2O1. The maximum Gasteiger partial charge on any atom is 0.262 e. The first-order chi connectivity index (χ1) is 12.1. The summed E-state index contributed by atoms with van der Waals surface area (Å²) in [5, 5.41) is 2.57. The molecule has 0 spiro atoms. The van der Waals surface area contributed by atoms with E-state index in [-0.39, 0.29) is 18.4 Å². The van der Waals surface area contributed by atoms with Crippen LogP contribution in [0.1, 0.15) is 15.9 Å². The zero-order chi connectivity index (χ0) is 17.8. The summed E-state index contributed by atoms with van der Waals surface area (Å²) in [6, 6.07) is 14.5. The fourth-order valence-electron chi connectivity index (χ4n) is 2.84. The third-order valence-electron chi connectivity index (χ3n) is 4.04. The Bertz CT molecular complexity index is 790. The van der Waals surface area contributed by atoms with Gasteiger partial charge in [0.05, 0.1) is 18.8 Å². The van der Waals surface area contributed by atoms with Crippen molar-refractivity contribution < 1.29 is 19.1 Å². The number of nitrogens with one attached hydrogen (secondary N) is 1. The van der Waals surface area contributed by atoms with Crippen LogP contribution in [0.5, 0.6) is 5.75 Å². The lowest BCUT2D eigenvalue weighted by atomic mass is 10.1. The third kappa shape index (κ3) is 3.49. The van der Waals surface area contributed by atoms with Crippen molar-refractivity contribution in [1.29, 1.82) is 0 Å². The van der Waals surface area contributed by atoms with Crippen molar-refractivity contribution in [2.24, 2.45) is 0 Å². The van der Waals surface area contributed by atoms with Gasteiger partial charge in [0.1, 0.15) is 5.75 Å². The Morgan fingerprint density at radius 2 is 2.04 bits per heavy atom. The Morgan fingerprint density at radius 1 is 1.24 bits per heavy atom. The quantitative estimate of drug-likeness (QED) is 0.924. The van der Waals surface area contributed by atoms with Crippen molar-refractivity contribution in [2.75, 3.05) is 25.6 Å². The summed E-state index contributed by atoms with van der Waals surface area (Å²) < 4.78 is 10.9. The minimum atomic E-state index is -0.744. The number of likely N-dealkylation sites (N-methyl/N-ethyl adjacent to an activating group) is 1. The zero-order valence-corrected chi connectivity index (χ0v) is 14.2. The van der Waals surface area contributed by atoms with Crippen LogP contribution in [0.3, 0.4) is 0 Å². The molecule has 2 aromatic carbocycles. The van der Waals surface area contributed by atoms with Crippen LogP contribution in [0.25, 0.3) is 0 Å². The fourth-order valence-corrected chi connectivity index (χ4v) is 2.84. The Balaban J connectivity index is 1.95. The van der Waals surface area contributed by atoms with Crippen molar-refractivity contribution in [2.45, 2.75) is 12.7 Å². The number of hydrogen-bond donors (Lipinski definition) is 1. The highest BCUT2D eigenvalue weighted by Crippen LogP contribution is 2.34. The first kappa shape index (κ1) is 17.0. The lowest BCUT2D eigenvalue weighted by Gasteiger charge is -2.34. The number of fused-ring (bicyclic) bond motifs is 1. The monoisotopic (exact) mass is 340 g/mol. The molecule has 3 rings (SSSR count). The molecule has 2 amide bonds. The molecule has 2 aromatic rings. The van der Waals surface area contributed by atoms with Gasteiger partial charge < -0.3 is 19.7 Å².